The summed E-state index contributed by atoms with van der Waals surface area (Å²) in [6.45, 7) is 2.26. The lowest BCUT2D eigenvalue weighted by Crippen LogP contribution is -2.02. The van der Waals surface area contributed by atoms with E-state index in [9.17, 15) is 0 Å². The quantitative estimate of drug-likeness (QED) is 0.488. The monoisotopic (exact) mass is 338 g/mol. The van der Waals surface area contributed by atoms with Gasteiger partial charge >= 0.3 is 0 Å². The highest BCUT2D eigenvalue weighted by molar-refractivity contribution is 5.66. The van der Waals surface area contributed by atoms with Crippen LogP contribution in [0, 0.1) is 0 Å². The van der Waals surface area contributed by atoms with E-state index in [1.807, 2.05) is 6.07 Å². The second kappa shape index (κ2) is 7.40. The van der Waals surface area contributed by atoms with Crippen LogP contribution in [0.2, 0.25) is 0 Å². The van der Waals surface area contributed by atoms with Crippen LogP contribution in [0.1, 0.15) is 35.2 Å². The molecule has 1 heterocycles. The van der Waals surface area contributed by atoms with Crippen molar-refractivity contribution >= 4 is 0 Å². The van der Waals surface area contributed by atoms with E-state index in [-0.39, 0.29) is 5.92 Å². The zero-order valence-electron chi connectivity index (χ0n) is 14.9. The lowest BCUT2D eigenvalue weighted by atomic mass is 9.88. The molecular formula is C24H22N2. The molecule has 0 saturated carbocycles. The minimum absolute atomic E-state index is 0.267. The van der Waals surface area contributed by atoms with Crippen LogP contribution < -0.4 is 0 Å². The summed E-state index contributed by atoms with van der Waals surface area (Å²) in [6, 6.07) is 31.7. The Balaban J connectivity index is 1.81. The lowest BCUT2D eigenvalue weighted by Gasteiger charge is -2.15. The zero-order chi connectivity index (χ0) is 17.8. The van der Waals surface area contributed by atoms with Gasteiger partial charge < -0.3 is 0 Å². The minimum Gasteiger partial charge on any atom is -0.281 e. The van der Waals surface area contributed by atoms with Gasteiger partial charge in [0.25, 0.3) is 0 Å². The summed E-state index contributed by atoms with van der Waals surface area (Å²) in [5.41, 5.74) is 7.27. The smallest absolute Gasteiger partial charge is 0.0961 e. The van der Waals surface area contributed by atoms with Crippen LogP contribution in [0.5, 0.6) is 0 Å². The van der Waals surface area contributed by atoms with E-state index in [2.05, 4.69) is 97.0 Å². The molecule has 3 aromatic carbocycles. The molecule has 1 aromatic heterocycles. The topological polar surface area (TPSA) is 28.7 Å². The van der Waals surface area contributed by atoms with Crippen molar-refractivity contribution in [1.82, 2.24) is 10.2 Å². The van der Waals surface area contributed by atoms with Gasteiger partial charge in [-0.3, -0.25) is 5.10 Å². The molecule has 2 nitrogen and oxygen atoms in total. The molecule has 0 aliphatic heterocycles. The van der Waals surface area contributed by atoms with Crippen LogP contribution in [-0.2, 0) is 6.42 Å². The van der Waals surface area contributed by atoms with E-state index >= 15 is 0 Å². The third-order valence-electron chi connectivity index (χ3n) is 4.89. The van der Waals surface area contributed by atoms with Gasteiger partial charge in [0, 0.05) is 29.2 Å². The number of benzene rings is 3. The fraction of sp³-hybridized carbons (Fsp3) is 0.125. The maximum Gasteiger partial charge on any atom is 0.0961 e. The van der Waals surface area contributed by atoms with E-state index in [1.54, 1.807) is 0 Å². The number of aromatic nitrogens is 2. The molecule has 0 amide bonds. The van der Waals surface area contributed by atoms with Crippen LogP contribution in [-0.4, -0.2) is 10.2 Å². The van der Waals surface area contributed by atoms with Gasteiger partial charge in [-0.1, -0.05) is 97.9 Å². The fourth-order valence-corrected chi connectivity index (χ4v) is 3.51. The molecule has 0 aliphatic rings. The first-order valence-electron chi connectivity index (χ1n) is 9.04. The van der Waals surface area contributed by atoms with E-state index in [0.717, 1.165) is 17.7 Å². The number of rotatable bonds is 5. The molecular weight excluding hydrogens is 316 g/mol. The van der Waals surface area contributed by atoms with Crippen LogP contribution in [0.3, 0.4) is 0 Å². The summed E-state index contributed by atoms with van der Waals surface area (Å²) in [6.07, 6.45) is 0.854. The van der Waals surface area contributed by atoms with Gasteiger partial charge in [-0.2, -0.15) is 5.10 Å². The fourth-order valence-electron chi connectivity index (χ4n) is 3.51. The molecule has 0 saturated heterocycles. The number of hydrogen-bond donors (Lipinski definition) is 1. The number of nitrogens with one attached hydrogen (secondary N) is 1. The van der Waals surface area contributed by atoms with Crippen molar-refractivity contribution in [1.29, 1.82) is 0 Å². The van der Waals surface area contributed by atoms with Gasteiger partial charge in [-0.15, -0.1) is 0 Å². The number of hydrogen-bond acceptors (Lipinski definition) is 1. The molecule has 128 valence electrons. The van der Waals surface area contributed by atoms with E-state index < -0.39 is 0 Å². The van der Waals surface area contributed by atoms with Crippen LogP contribution in [0.4, 0.5) is 0 Å². The van der Waals surface area contributed by atoms with Crippen LogP contribution >= 0.6 is 0 Å². The van der Waals surface area contributed by atoms with Crippen molar-refractivity contribution in [2.45, 2.75) is 19.3 Å². The Morgan fingerprint density at radius 3 is 2.00 bits per heavy atom. The SMILES string of the molecule is C[C@H](c1ccccc1)c1c(-c2ccccc2)n[nH]c1Cc1ccccc1. The summed E-state index contributed by atoms with van der Waals surface area (Å²) in [5.74, 6) is 0.267. The number of H-pyrrole nitrogens is 1. The Morgan fingerprint density at radius 2 is 1.35 bits per heavy atom. The predicted molar refractivity (Wildman–Crippen MR) is 107 cm³/mol. The first kappa shape index (κ1) is 16.3. The highest BCUT2D eigenvalue weighted by atomic mass is 15.1. The maximum absolute atomic E-state index is 4.70. The van der Waals surface area contributed by atoms with Crippen molar-refractivity contribution in [3.8, 4) is 11.3 Å². The average molecular weight is 338 g/mol. The van der Waals surface area contributed by atoms with Crippen molar-refractivity contribution in [3.63, 3.8) is 0 Å². The third-order valence-corrected chi connectivity index (χ3v) is 4.89. The van der Waals surface area contributed by atoms with Crippen LogP contribution in [0.15, 0.2) is 91.0 Å². The molecule has 1 atom stereocenters. The predicted octanol–water partition coefficient (Wildman–Crippen LogP) is 5.82. The Bertz CT molecular complexity index is 957. The van der Waals surface area contributed by atoms with Gasteiger partial charge in [0.05, 0.1) is 5.69 Å². The van der Waals surface area contributed by atoms with E-state index in [1.165, 1.54) is 22.4 Å². The van der Waals surface area contributed by atoms with E-state index in [0.29, 0.717) is 0 Å². The largest absolute Gasteiger partial charge is 0.281 e. The first-order chi connectivity index (χ1) is 12.8. The van der Waals surface area contributed by atoms with Crippen LogP contribution in [0.25, 0.3) is 11.3 Å². The molecule has 0 radical (unpaired) electrons. The molecule has 0 aliphatic carbocycles. The summed E-state index contributed by atoms with van der Waals surface area (Å²) >= 11 is 0. The molecule has 2 heteroatoms. The lowest BCUT2D eigenvalue weighted by molar-refractivity contribution is 0.894. The molecule has 26 heavy (non-hydrogen) atoms. The summed E-state index contributed by atoms with van der Waals surface area (Å²) < 4.78 is 0. The van der Waals surface area contributed by atoms with Crippen molar-refractivity contribution in [3.05, 3.63) is 113 Å². The van der Waals surface area contributed by atoms with Crippen molar-refractivity contribution in [2.24, 2.45) is 0 Å². The molecule has 0 unspecified atom stereocenters. The summed E-state index contributed by atoms with van der Waals surface area (Å²) in [4.78, 5) is 0. The summed E-state index contributed by atoms with van der Waals surface area (Å²) in [7, 11) is 0. The summed E-state index contributed by atoms with van der Waals surface area (Å²) in [5, 5.41) is 8.03. The third kappa shape index (κ3) is 3.31. The van der Waals surface area contributed by atoms with Gasteiger partial charge in [0.1, 0.15) is 0 Å². The average Bonchev–Trinajstić information content (AvgIpc) is 3.13. The molecule has 4 aromatic rings. The standard InChI is InChI=1S/C24H22N2/c1-18(20-13-7-3-8-14-20)23-22(17-19-11-5-2-6-12-19)25-26-24(23)21-15-9-4-10-16-21/h2-16,18H,17H2,1H3,(H,25,26)/t18-/m1/s1. The number of aromatic amines is 1. The highest BCUT2D eigenvalue weighted by Gasteiger charge is 2.21. The Kier molecular flexibility index (Phi) is 4.65. The molecule has 0 fully saturated rings. The van der Waals surface area contributed by atoms with Gasteiger partial charge in [0.2, 0.25) is 0 Å². The van der Waals surface area contributed by atoms with Crippen molar-refractivity contribution in [2.75, 3.05) is 0 Å². The van der Waals surface area contributed by atoms with Crippen molar-refractivity contribution < 1.29 is 0 Å². The Hall–Kier alpha value is -3.13. The maximum atomic E-state index is 4.70. The molecule has 0 spiro atoms. The molecule has 0 bridgehead atoms. The second-order valence-corrected chi connectivity index (χ2v) is 6.63. The molecule has 1 N–H and O–H groups in total. The Labute approximate surface area is 154 Å². The Morgan fingerprint density at radius 1 is 0.769 bits per heavy atom. The highest BCUT2D eigenvalue weighted by Crippen LogP contribution is 2.35. The molecule has 4 rings (SSSR count). The second-order valence-electron chi connectivity index (χ2n) is 6.63. The normalized spacial score (nSPS) is 12.0. The number of nitrogens with zero attached hydrogens (tertiary/aromatic N) is 1. The van der Waals surface area contributed by atoms with Gasteiger partial charge in [-0.25, -0.2) is 0 Å². The van der Waals surface area contributed by atoms with Gasteiger partial charge in [-0.05, 0) is 11.1 Å². The first-order valence-corrected chi connectivity index (χ1v) is 9.04. The minimum atomic E-state index is 0.267. The van der Waals surface area contributed by atoms with E-state index in [4.69, 9.17) is 5.10 Å². The zero-order valence-corrected chi connectivity index (χ0v) is 14.9. The van der Waals surface area contributed by atoms with Gasteiger partial charge in [0.15, 0.2) is 0 Å².